The summed E-state index contributed by atoms with van der Waals surface area (Å²) in [5.41, 5.74) is 0.718. The lowest BCUT2D eigenvalue weighted by Gasteiger charge is -2.09. The summed E-state index contributed by atoms with van der Waals surface area (Å²) in [6.45, 7) is 3.94. The SMILES string of the molecule is CCCCOCCCNC(=O)c1ccc(NC2CC2)c([N+](=O)[O-])c1. The van der Waals surface area contributed by atoms with Gasteiger partial charge in [0.05, 0.1) is 4.92 Å². The summed E-state index contributed by atoms with van der Waals surface area (Å²) in [4.78, 5) is 22.9. The number of nitro groups is 1. The smallest absolute Gasteiger partial charge is 0.293 e. The molecule has 2 N–H and O–H groups in total. The maximum atomic E-state index is 12.1. The number of unbranched alkanes of at least 4 members (excludes halogenated alkanes) is 1. The van der Waals surface area contributed by atoms with Crippen LogP contribution in [0.5, 0.6) is 0 Å². The standard InChI is InChI=1S/C17H25N3O4/c1-2-3-10-24-11-4-9-18-17(21)13-5-8-15(19-14-6-7-14)16(12-13)20(22)23/h5,8,12,14,19H,2-4,6-7,9-11H2,1H3,(H,18,21). The summed E-state index contributed by atoms with van der Waals surface area (Å²) >= 11 is 0. The van der Waals surface area contributed by atoms with Gasteiger partial charge in [0.15, 0.2) is 0 Å². The van der Waals surface area contributed by atoms with E-state index in [4.69, 9.17) is 4.74 Å². The van der Waals surface area contributed by atoms with Crippen molar-refractivity contribution in [2.75, 3.05) is 25.1 Å². The molecule has 0 heterocycles. The Morgan fingerprint density at radius 2 is 2.08 bits per heavy atom. The predicted molar refractivity (Wildman–Crippen MR) is 92.4 cm³/mol. The second kappa shape index (κ2) is 9.22. The number of nitrogens with one attached hydrogen (secondary N) is 2. The molecule has 0 unspecified atom stereocenters. The molecule has 0 spiro atoms. The van der Waals surface area contributed by atoms with Crippen LogP contribution in [-0.4, -0.2) is 36.6 Å². The largest absolute Gasteiger partial charge is 0.381 e. The van der Waals surface area contributed by atoms with E-state index in [0.717, 1.165) is 38.7 Å². The number of nitrogens with zero attached hydrogens (tertiary/aromatic N) is 1. The van der Waals surface area contributed by atoms with Gasteiger partial charge in [-0.3, -0.25) is 14.9 Å². The second-order valence-electron chi connectivity index (χ2n) is 5.98. The van der Waals surface area contributed by atoms with Crippen LogP contribution >= 0.6 is 0 Å². The van der Waals surface area contributed by atoms with Gasteiger partial charge in [0.1, 0.15) is 5.69 Å². The molecule has 0 aromatic heterocycles. The topological polar surface area (TPSA) is 93.5 Å². The summed E-state index contributed by atoms with van der Waals surface area (Å²) in [6.07, 6.45) is 4.91. The van der Waals surface area contributed by atoms with Gasteiger partial charge in [0, 0.05) is 37.4 Å². The number of hydrogen-bond acceptors (Lipinski definition) is 5. The Morgan fingerprint density at radius 1 is 1.33 bits per heavy atom. The highest BCUT2D eigenvalue weighted by atomic mass is 16.6. The van der Waals surface area contributed by atoms with Crippen molar-refractivity contribution in [3.05, 3.63) is 33.9 Å². The second-order valence-corrected chi connectivity index (χ2v) is 5.98. The Morgan fingerprint density at radius 3 is 2.75 bits per heavy atom. The zero-order valence-electron chi connectivity index (χ0n) is 14.0. The van der Waals surface area contributed by atoms with Gasteiger partial charge in [-0.2, -0.15) is 0 Å². The minimum atomic E-state index is -0.455. The lowest BCUT2D eigenvalue weighted by molar-refractivity contribution is -0.384. The normalized spacial score (nSPS) is 13.5. The van der Waals surface area contributed by atoms with E-state index in [1.54, 1.807) is 12.1 Å². The molecule has 132 valence electrons. The first-order valence-corrected chi connectivity index (χ1v) is 8.52. The average Bonchev–Trinajstić information content (AvgIpc) is 3.38. The Labute approximate surface area is 141 Å². The van der Waals surface area contributed by atoms with E-state index < -0.39 is 4.92 Å². The highest BCUT2D eigenvalue weighted by molar-refractivity contribution is 5.95. The van der Waals surface area contributed by atoms with Gasteiger partial charge in [-0.15, -0.1) is 0 Å². The molecular formula is C17H25N3O4. The third-order valence-electron chi connectivity index (χ3n) is 3.79. The van der Waals surface area contributed by atoms with Crippen LogP contribution in [0.1, 0.15) is 49.4 Å². The van der Waals surface area contributed by atoms with E-state index in [1.165, 1.54) is 6.07 Å². The number of hydrogen-bond donors (Lipinski definition) is 2. The van der Waals surface area contributed by atoms with Crippen molar-refractivity contribution in [2.24, 2.45) is 0 Å². The van der Waals surface area contributed by atoms with E-state index in [0.29, 0.717) is 30.4 Å². The summed E-state index contributed by atoms with van der Waals surface area (Å²) in [6, 6.07) is 4.87. The Hall–Kier alpha value is -2.15. The van der Waals surface area contributed by atoms with Gasteiger partial charge < -0.3 is 15.4 Å². The minimum Gasteiger partial charge on any atom is -0.381 e. The molecule has 7 heteroatoms. The molecule has 1 amide bonds. The zero-order valence-corrected chi connectivity index (χ0v) is 14.0. The molecule has 1 aromatic rings. The van der Waals surface area contributed by atoms with Gasteiger partial charge in [0.25, 0.3) is 11.6 Å². The maximum absolute atomic E-state index is 12.1. The number of nitro benzene ring substituents is 1. The van der Waals surface area contributed by atoms with Crippen molar-refractivity contribution >= 4 is 17.3 Å². The van der Waals surface area contributed by atoms with E-state index in [1.807, 2.05) is 0 Å². The fraction of sp³-hybridized carbons (Fsp3) is 0.588. The van der Waals surface area contributed by atoms with Crippen LogP contribution in [0.25, 0.3) is 0 Å². The Kier molecular flexibility index (Phi) is 6.99. The van der Waals surface area contributed by atoms with Gasteiger partial charge in [-0.25, -0.2) is 0 Å². The molecule has 1 saturated carbocycles. The van der Waals surface area contributed by atoms with E-state index in [2.05, 4.69) is 17.6 Å². The van der Waals surface area contributed by atoms with Crippen LogP contribution in [0, 0.1) is 10.1 Å². The first-order valence-electron chi connectivity index (χ1n) is 8.52. The number of ether oxygens (including phenoxy) is 1. The molecule has 2 rings (SSSR count). The summed E-state index contributed by atoms with van der Waals surface area (Å²) in [5.74, 6) is -0.301. The summed E-state index contributed by atoms with van der Waals surface area (Å²) in [7, 11) is 0. The average molecular weight is 335 g/mol. The van der Waals surface area contributed by atoms with Crippen molar-refractivity contribution in [1.82, 2.24) is 5.32 Å². The van der Waals surface area contributed by atoms with Gasteiger partial charge >= 0.3 is 0 Å². The highest BCUT2D eigenvalue weighted by Gasteiger charge is 2.25. The van der Waals surface area contributed by atoms with E-state index in [9.17, 15) is 14.9 Å². The first kappa shape index (κ1) is 18.2. The molecule has 0 radical (unpaired) electrons. The van der Waals surface area contributed by atoms with Crippen LogP contribution in [-0.2, 0) is 4.74 Å². The zero-order chi connectivity index (χ0) is 17.4. The van der Waals surface area contributed by atoms with Crippen molar-refractivity contribution in [2.45, 2.75) is 45.1 Å². The van der Waals surface area contributed by atoms with Crippen molar-refractivity contribution < 1.29 is 14.5 Å². The number of anilines is 1. The third kappa shape index (κ3) is 5.81. The maximum Gasteiger partial charge on any atom is 0.293 e. The van der Waals surface area contributed by atoms with Gasteiger partial charge in [-0.1, -0.05) is 13.3 Å². The fourth-order valence-electron chi connectivity index (χ4n) is 2.22. The fourth-order valence-corrected chi connectivity index (χ4v) is 2.22. The molecule has 24 heavy (non-hydrogen) atoms. The molecule has 0 aliphatic heterocycles. The third-order valence-corrected chi connectivity index (χ3v) is 3.79. The minimum absolute atomic E-state index is 0.0579. The Bertz CT molecular complexity index is 573. The molecule has 0 saturated heterocycles. The lowest BCUT2D eigenvalue weighted by atomic mass is 10.1. The first-order chi connectivity index (χ1) is 11.6. The van der Waals surface area contributed by atoms with Crippen LogP contribution in [0.15, 0.2) is 18.2 Å². The molecule has 1 aromatic carbocycles. The van der Waals surface area contributed by atoms with Gasteiger partial charge in [0.2, 0.25) is 0 Å². The van der Waals surface area contributed by atoms with Crippen molar-refractivity contribution in [1.29, 1.82) is 0 Å². The molecule has 1 aliphatic rings. The molecule has 0 atom stereocenters. The number of benzene rings is 1. The van der Waals surface area contributed by atoms with E-state index >= 15 is 0 Å². The highest BCUT2D eigenvalue weighted by Crippen LogP contribution is 2.31. The summed E-state index contributed by atoms with van der Waals surface area (Å²) in [5, 5.41) is 17.1. The number of rotatable bonds is 11. The Balaban J connectivity index is 1.82. The van der Waals surface area contributed by atoms with Crippen LogP contribution < -0.4 is 10.6 Å². The van der Waals surface area contributed by atoms with Crippen molar-refractivity contribution in [3.63, 3.8) is 0 Å². The monoisotopic (exact) mass is 335 g/mol. The molecule has 7 nitrogen and oxygen atoms in total. The number of carbonyl (C=O) groups excluding carboxylic acids is 1. The number of carbonyl (C=O) groups is 1. The predicted octanol–water partition coefficient (Wildman–Crippen LogP) is 3.11. The van der Waals surface area contributed by atoms with Crippen molar-refractivity contribution in [3.8, 4) is 0 Å². The molecule has 1 fully saturated rings. The molecule has 0 bridgehead atoms. The van der Waals surface area contributed by atoms with Gasteiger partial charge in [-0.05, 0) is 37.8 Å². The summed E-state index contributed by atoms with van der Waals surface area (Å²) < 4.78 is 5.42. The van der Waals surface area contributed by atoms with E-state index in [-0.39, 0.29) is 11.6 Å². The van der Waals surface area contributed by atoms with Crippen LogP contribution in [0.4, 0.5) is 11.4 Å². The van der Waals surface area contributed by atoms with Crippen LogP contribution in [0.3, 0.4) is 0 Å². The molecular weight excluding hydrogens is 310 g/mol. The number of amides is 1. The molecule has 1 aliphatic carbocycles. The quantitative estimate of drug-likeness (QED) is 0.368. The van der Waals surface area contributed by atoms with Crippen LogP contribution in [0.2, 0.25) is 0 Å². The lowest BCUT2D eigenvalue weighted by Crippen LogP contribution is -2.25.